The molecule has 16 heavy (non-hydrogen) atoms. The summed E-state index contributed by atoms with van der Waals surface area (Å²) in [7, 11) is 0. The number of hydrogen-bond donors (Lipinski definition) is 1. The lowest BCUT2D eigenvalue weighted by Gasteiger charge is -2.13. The van der Waals surface area contributed by atoms with Gasteiger partial charge >= 0.3 is 6.18 Å². The molecule has 1 heterocycles. The molecule has 0 saturated carbocycles. The average Bonchev–Trinajstić information content (AvgIpc) is 2.65. The van der Waals surface area contributed by atoms with Crippen LogP contribution in [-0.2, 0) is 6.54 Å². The zero-order valence-corrected chi connectivity index (χ0v) is 9.87. The minimum Gasteiger partial charge on any atom is -0.308 e. The predicted octanol–water partition coefficient (Wildman–Crippen LogP) is 3.35. The zero-order chi connectivity index (χ0) is 12.0. The molecule has 0 amide bonds. The fourth-order valence-electron chi connectivity index (χ4n) is 1.31. The van der Waals surface area contributed by atoms with Gasteiger partial charge in [-0.3, -0.25) is 0 Å². The molecule has 2 nitrogen and oxygen atoms in total. The number of hydrogen-bond acceptors (Lipinski definition) is 3. The van der Waals surface area contributed by atoms with Crippen molar-refractivity contribution in [1.82, 2.24) is 10.3 Å². The smallest absolute Gasteiger partial charge is 0.308 e. The summed E-state index contributed by atoms with van der Waals surface area (Å²) in [5.41, 5.74) is 0. The van der Waals surface area contributed by atoms with Crippen LogP contribution in [0.3, 0.4) is 0 Å². The predicted molar refractivity (Wildman–Crippen MR) is 58.3 cm³/mol. The zero-order valence-electron chi connectivity index (χ0n) is 9.05. The number of nitrogens with zero attached hydrogens (tertiary/aromatic N) is 1. The normalized spacial score (nSPS) is 14.0. The Labute approximate surface area is 96.9 Å². The van der Waals surface area contributed by atoms with Crippen molar-refractivity contribution in [3.8, 4) is 0 Å². The highest BCUT2D eigenvalue weighted by molar-refractivity contribution is 7.09. The molecule has 0 aliphatic heterocycles. The minimum absolute atomic E-state index is 0.0891. The molecule has 1 aromatic heterocycles. The van der Waals surface area contributed by atoms with Gasteiger partial charge in [-0.1, -0.05) is 0 Å². The fraction of sp³-hybridized carbons (Fsp3) is 0.700. The first-order chi connectivity index (χ1) is 7.47. The van der Waals surface area contributed by atoms with Crippen molar-refractivity contribution in [2.75, 3.05) is 0 Å². The molecule has 0 fully saturated rings. The highest BCUT2D eigenvalue weighted by atomic mass is 32.1. The Bertz CT molecular complexity index is 285. The van der Waals surface area contributed by atoms with E-state index in [0.29, 0.717) is 13.0 Å². The van der Waals surface area contributed by atoms with Crippen molar-refractivity contribution in [2.24, 2.45) is 0 Å². The van der Waals surface area contributed by atoms with Gasteiger partial charge in [0.1, 0.15) is 5.01 Å². The van der Waals surface area contributed by atoms with Crippen molar-refractivity contribution in [1.29, 1.82) is 0 Å². The van der Waals surface area contributed by atoms with Crippen LogP contribution in [0, 0.1) is 0 Å². The minimum atomic E-state index is -4.03. The van der Waals surface area contributed by atoms with Gasteiger partial charge in [0.25, 0.3) is 0 Å². The summed E-state index contributed by atoms with van der Waals surface area (Å²) < 4.78 is 35.7. The molecule has 1 N–H and O–H groups in total. The van der Waals surface area contributed by atoms with Crippen LogP contribution < -0.4 is 5.32 Å². The van der Waals surface area contributed by atoms with E-state index in [9.17, 15) is 13.2 Å². The highest BCUT2D eigenvalue weighted by Crippen LogP contribution is 2.22. The van der Waals surface area contributed by atoms with Crippen LogP contribution >= 0.6 is 11.3 Å². The van der Waals surface area contributed by atoms with Gasteiger partial charge in [0.2, 0.25) is 0 Å². The first-order valence-corrected chi connectivity index (χ1v) is 6.04. The van der Waals surface area contributed by atoms with Crippen LogP contribution in [0.2, 0.25) is 0 Å². The summed E-state index contributed by atoms with van der Waals surface area (Å²) >= 11 is 1.54. The number of thiazole rings is 1. The lowest BCUT2D eigenvalue weighted by atomic mass is 10.1. The summed E-state index contributed by atoms with van der Waals surface area (Å²) in [5.74, 6) is 0. The van der Waals surface area contributed by atoms with Gasteiger partial charge in [-0.25, -0.2) is 4.98 Å². The molecule has 0 bridgehead atoms. The molecule has 92 valence electrons. The van der Waals surface area contributed by atoms with Crippen LogP contribution in [0.25, 0.3) is 0 Å². The van der Waals surface area contributed by atoms with Crippen LogP contribution in [0.1, 0.15) is 31.2 Å². The number of aromatic nitrogens is 1. The van der Waals surface area contributed by atoms with E-state index in [1.54, 1.807) is 6.20 Å². The Morgan fingerprint density at radius 3 is 2.81 bits per heavy atom. The molecule has 1 unspecified atom stereocenters. The van der Waals surface area contributed by atoms with E-state index < -0.39 is 12.6 Å². The Kier molecular flexibility index (Phi) is 5.21. The number of nitrogens with one attached hydrogen (secondary N) is 1. The molecule has 0 spiro atoms. The SMILES string of the molecule is CC(CCCC(F)(F)F)NCc1nccs1. The van der Waals surface area contributed by atoms with Crippen molar-refractivity contribution in [2.45, 2.75) is 44.9 Å². The third-order valence-corrected chi connectivity index (χ3v) is 2.96. The molecule has 6 heteroatoms. The van der Waals surface area contributed by atoms with E-state index >= 15 is 0 Å². The van der Waals surface area contributed by atoms with E-state index in [1.165, 1.54) is 11.3 Å². The molecule has 0 saturated heterocycles. The molecule has 0 radical (unpaired) electrons. The molecule has 1 atom stereocenters. The molecule has 0 aromatic carbocycles. The van der Waals surface area contributed by atoms with Gasteiger partial charge < -0.3 is 5.32 Å². The summed E-state index contributed by atoms with van der Waals surface area (Å²) in [5, 5.41) is 5.99. The van der Waals surface area contributed by atoms with Crippen LogP contribution in [0.5, 0.6) is 0 Å². The van der Waals surface area contributed by atoms with Gasteiger partial charge in [-0.15, -0.1) is 11.3 Å². The van der Waals surface area contributed by atoms with Gasteiger partial charge in [0, 0.05) is 30.6 Å². The molecular formula is C10H15F3N2S. The summed E-state index contributed by atoms with van der Waals surface area (Å²) in [6, 6.07) is 0.0891. The number of halogens is 3. The molecule has 0 aliphatic rings. The monoisotopic (exact) mass is 252 g/mol. The van der Waals surface area contributed by atoms with Gasteiger partial charge in [0.15, 0.2) is 0 Å². The van der Waals surface area contributed by atoms with E-state index in [0.717, 1.165) is 5.01 Å². The highest BCUT2D eigenvalue weighted by Gasteiger charge is 2.26. The standard InChI is InChI=1S/C10H15F3N2S/c1-8(3-2-4-10(11,12)13)15-7-9-14-5-6-16-9/h5-6,8,15H,2-4,7H2,1H3. The Morgan fingerprint density at radius 1 is 1.50 bits per heavy atom. The molecular weight excluding hydrogens is 237 g/mol. The first-order valence-electron chi connectivity index (χ1n) is 5.16. The van der Waals surface area contributed by atoms with Crippen LogP contribution in [-0.4, -0.2) is 17.2 Å². The fourth-order valence-corrected chi connectivity index (χ4v) is 1.88. The van der Waals surface area contributed by atoms with Crippen molar-refractivity contribution in [3.63, 3.8) is 0 Å². The average molecular weight is 252 g/mol. The second kappa shape index (κ2) is 6.20. The van der Waals surface area contributed by atoms with Crippen LogP contribution in [0.15, 0.2) is 11.6 Å². The first kappa shape index (κ1) is 13.4. The van der Waals surface area contributed by atoms with E-state index in [2.05, 4.69) is 10.3 Å². The topological polar surface area (TPSA) is 24.9 Å². The van der Waals surface area contributed by atoms with Crippen molar-refractivity contribution >= 4 is 11.3 Å². The van der Waals surface area contributed by atoms with Crippen molar-refractivity contribution < 1.29 is 13.2 Å². The maximum absolute atomic E-state index is 11.9. The Balaban J connectivity index is 2.09. The van der Waals surface area contributed by atoms with Gasteiger partial charge in [-0.05, 0) is 19.8 Å². The van der Waals surface area contributed by atoms with Crippen molar-refractivity contribution in [3.05, 3.63) is 16.6 Å². The lowest BCUT2D eigenvalue weighted by Crippen LogP contribution is -2.25. The summed E-state index contributed by atoms with van der Waals surface area (Å²) in [6.07, 6.45) is -2.30. The Hall–Kier alpha value is -0.620. The molecule has 1 aromatic rings. The number of rotatable bonds is 6. The Morgan fingerprint density at radius 2 is 2.25 bits per heavy atom. The maximum atomic E-state index is 11.9. The van der Waals surface area contributed by atoms with E-state index in [4.69, 9.17) is 0 Å². The third-order valence-electron chi connectivity index (χ3n) is 2.18. The lowest BCUT2D eigenvalue weighted by molar-refractivity contribution is -0.135. The van der Waals surface area contributed by atoms with Gasteiger partial charge in [0.05, 0.1) is 0 Å². The maximum Gasteiger partial charge on any atom is 0.389 e. The van der Waals surface area contributed by atoms with E-state index in [1.807, 2.05) is 12.3 Å². The van der Waals surface area contributed by atoms with Gasteiger partial charge in [-0.2, -0.15) is 13.2 Å². The quantitative estimate of drug-likeness (QED) is 0.839. The third kappa shape index (κ3) is 6.07. The second-order valence-electron chi connectivity index (χ2n) is 3.72. The molecule has 1 rings (SSSR count). The summed E-state index contributed by atoms with van der Waals surface area (Å²) in [6.45, 7) is 2.52. The van der Waals surface area contributed by atoms with Crippen LogP contribution in [0.4, 0.5) is 13.2 Å². The molecule has 0 aliphatic carbocycles. The van der Waals surface area contributed by atoms with E-state index in [-0.39, 0.29) is 12.5 Å². The number of alkyl halides is 3. The second-order valence-corrected chi connectivity index (χ2v) is 4.69. The largest absolute Gasteiger partial charge is 0.389 e. The summed E-state index contributed by atoms with van der Waals surface area (Å²) in [4.78, 5) is 4.08.